The van der Waals surface area contributed by atoms with Crippen molar-refractivity contribution in [1.82, 2.24) is 5.32 Å². The van der Waals surface area contributed by atoms with Gasteiger partial charge in [0.2, 0.25) is 0 Å². The minimum atomic E-state index is -0.592. The lowest BCUT2D eigenvalue weighted by atomic mass is 10.1. The molecule has 0 heterocycles. The largest absolute Gasteiger partial charge is 0.390 e. The second-order valence-electron chi connectivity index (χ2n) is 6.11. The van der Waals surface area contributed by atoms with Gasteiger partial charge in [0.25, 0.3) is 0 Å². The molecule has 5 nitrogen and oxygen atoms in total. The molecule has 0 unspecified atom stereocenters. The van der Waals surface area contributed by atoms with Crippen molar-refractivity contribution >= 4 is 17.4 Å². The maximum Gasteiger partial charge on any atom is 0.319 e. The molecule has 2 aromatic rings. The molecule has 3 rings (SSSR count). The van der Waals surface area contributed by atoms with E-state index in [0.29, 0.717) is 6.42 Å². The number of rotatable bonds is 4. The Morgan fingerprint density at radius 3 is 2.83 bits per heavy atom. The van der Waals surface area contributed by atoms with Crippen molar-refractivity contribution in [1.29, 1.82) is 0 Å². The molecule has 2 aromatic carbocycles. The van der Waals surface area contributed by atoms with Crippen molar-refractivity contribution in [3.8, 4) is 0 Å². The molecule has 0 saturated heterocycles. The van der Waals surface area contributed by atoms with Crippen LogP contribution in [0, 0.1) is 0 Å². The van der Waals surface area contributed by atoms with Gasteiger partial charge in [-0.2, -0.15) is 0 Å². The van der Waals surface area contributed by atoms with E-state index in [2.05, 4.69) is 22.5 Å². The molecule has 0 aromatic heterocycles. The van der Waals surface area contributed by atoms with Gasteiger partial charge in [-0.1, -0.05) is 30.3 Å². The van der Waals surface area contributed by atoms with E-state index < -0.39 is 6.10 Å². The van der Waals surface area contributed by atoms with Gasteiger partial charge in [0.1, 0.15) is 0 Å². The van der Waals surface area contributed by atoms with Gasteiger partial charge in [0.05, 0.1) is 12.1 Å². The Hall–Kier alpha value is -2.53. The van der Waals surface area contributed by atoms with Crippen molar-refractivity contribution < 1.29 is 9.90 Å². The van der Waals surface area contributed by atoms with Crippen LogP contribution in [0.2, 0.25) is 0 Å². The molecule has 2 atom stereocenters. The van der Waals surface area contributed by atoms with E-state index in [1.54, 1.807) is 0 Å². The quantitative estimate of drug-likeness (QED) is 0.810. The number of nitrogens with one attached hydrogen (secondary N) is 2. The molecule has 24 heavy (non-hydrogen) atoms. The van der Waals surface area contributed by atoms with Crippen molar-refractivity contribution in [3.05, 3.63) is 59.7 Å². The number of hydrogen-bond acceptors (Lipinski definition) is 3. The Morgan fingerprint density at radius 1 is 1.25 bits per heavy atom. The fourth-order valence-corrected chi connectivity index (χ4v) is 3.06. The van der Waals surface area contributed by atoms with E-state index in [4.69, 9.17) is 0 Å². The fraction of sp³-hybridized carbons (Fsp3) is 0.316. The van der Waals surface area contributed by atoms with Crippen molar-refractivity contribution in [2.24, 2.45) is 0 Å². The molecule has 126 valence electrons. The summed E-state index contributed by atoms with van der Waals surface area (Å²) in [5.74, 6) is 0. The van der Waals surface area contributed by atoms with E-state index in [1.165, 1.54) is 0 Å². The summed E-state index contributed by atoms with van der Waals surface area (Å²) < 4.78 is 0. The average molecular weight is 325 g/mol. The van der Waals surface area contributed by atoms with Crippen LogP contribution in [0.1, 0.15) is 24.1 Å². The molecule has 2 amide bonds. The lowest BCUT2D eigenvalue weighted by molar-refractivity contribution is 0.144. The van der Waals surface area contributed by atoms with Gasteiger partial charge >= 0.3 is 6.03 Å². The van der Waals surface area contributed by atoms with Gasteiger partial charge in [-0.25, -0.2) is 4.79 Å². The second kappa shape index (κ2) is 6.93. The van der Waals surface area contributed by atoms with Crippen LogP contribution in [0.3, 0.4) is 0 Å². The molecule has 0 spiro atoms. The molecule has 0 saturated carbocycles. The standard InChI is InChI=1S/C19H23N3O2/c1-3-22(2)15-9-6-8-14(12-15)20-19(24)21-18-16-10-5-4-7-13(16)11-17(18)23/h4-10,12,17-18,23H,3,11H2,1-2H3,(H2,20,21,24)/t17-,18+/m0/s1. The van der Waals surface area contributed by atoms with Crippen LogP contribution in [0.25, 0.3) is 0 Å². The lowest BCUT2D eigenvalue weighted by Gasteiger charge is -2.20. The van der Waals surface area contributed by atoms with E-state index in [-0.39, 0.29) is 12.1 Å². The summed E-state index contributed by atoms with van der Waals surface area (Å²) in [7, 11) is 2.00. The lowest BCUT2D eigenvalue weighted by Crippen LogP contribution is -2.36. The minimum absolute atomic E-state index is 0.313. The summed E-state index contributed by atoms with van der Waals surface area (Å²) in [4.78, 5) is 14.4. The number of hydrogen-bond donors (Lipinski definition) is 3. The molecule has 3 N–H and O–H groups in total. The highest BCUT2D eigenvalue weighted by Crippen LogP contribution is 2.31. The van der Waals surface area contributed by atoms with Gasteiger partial charge < -0.3 is 20.6 Å². The van der Waals surface area contributed by atoms with Crippen LogP contribution >= 0.6 is 0 Å². The Balaban J connectivity index is 1.68. The zero-order valence-electron chi connectivity index (χ0n) is 14.0. The zero-order chi connectivity index (χ0) is 17.1. The number of fused-ring (bicyclic) bond motifs is 1. The second-order valence-corrected chi connectivity index (χ2v) is 6.11. The van der Waals surface area contributed by atoms with Crippen LogP contribution < -0.4 is 15.5 Å². The van der Waals surface area contributed by atoms with Crippen molar-refractivity contribution in [2.45, 2.75) is 25.5 Å². The predicted molar refractivity (Wildman–Crippen MR) is 96.4 cm³/mol. The number of aliphatic hydroxyl groups is 1. The first-order valence-electron chi connectivity index (χ1n) is 8.23. The van der Waals surface area contributed by atoms with Crippen LogP contribution in [0.4, 0.5) is 16.2 Å². The van der Waals surface area contributed by atoms with Crippen LogP contribution in [0.5, 0.6) is 0 Å². The average Bonchev–Trinajstić information content (AvgIpc) is 2.90. The Morgan fingerprint density at radius 2 is 2.04 bits per heavy atom. The summed E-state index contributed by atoms with van der Waals surface area (Å²) in [6, 6.07) is 14.8. The van der Waals surface area contributed by atoms with Crippen LogP contribution in [-0.2, 0) is 6.42 Å². The van der Waals surface area contributed by atoms with Gasteiger partial charge in [-0.15, -0.1) is 0 Å². The Labute approximate surface area is 142 Å². The Bertz CT molecular complexity index is 732. The minimum Gasteiger partial charge on any atom is -0.390 e. The number of aliphatic hydroxyl groups excluding tert-OH is 1. The number of nitrogens with zero attached hydrogens (tertiary/aromatic N) is 1. The maximum atomic E-state index is 12.3. The summed E-state index contributed by atoms with van der Waals surface area (Å²) >= 11 is 0. The maximum absolute atomic E-state index is 12.3. The molecular formula is C19H23N3O2. The molecule has 1 aliphatic carbocycles. The van der Waals surface area contributed by atoms with Crippen molar-refractivity contribution in [2.75, 3.05) is 23.8 Å². The highest BCUT2D eigenvalue weighted by Gasteiger charge is 2.31. The van der Waals surface area contributed by atoms with E-state index in [0.717, 1.165) is 29.0 Å². The molecular weight excluding hydrogens is 302 g/mol. The monoisotopic (exact) mass is 325 g/mol. The summed E-state index contributed by atoms with van der Waals surface area (Å²) in [6.45, 7) is 2.96. The topological polar surface area (TPSA) is 64.6 Å². The van der Waals surface area contributed by atoms with Gasteiger partial charge in [0.15, 0.2) is 0 Å². The zero-order valence-corrected chi connectivity index (χ0v) is 14.0. The molecule has 0 bridgehead atoms. The first-order chi connectivity index (χ1) is 11.6. The van der Waals surface area contributed by atoms with Gasteiger partial charge in [-0.05, 0) is 36.2 Å². The van der Waals surface area contributed by atoms with Crippen molar-refractivity contribution in [3.63, 3.8) is 0 Å². The molecule has 0 radical (unpaired) electrons. The third-order valence-electron chi connectivity index (χ3n) is 4.51. The van der Waals surface area contributed by atoms with E-state index >= 15 is 0 Å². The Kier molecular flexibility index (Phi) is 4.71. The third kappa shape index (κ3) is 3.36. The molecule has 5 heteroatoms. The number of urea groups is 1. The smallest absolute Gasteiger partial charge is 0.319 e. The van der Waals surface area contributed by atoms with E-state index in [1.807, 2.05) is 55.6 Å². The highest BCUT2D eigenvalue weighted by atomic mass is 16.3. The van der Waals surface area contributed by atoms with Crippen LogP contribution in [-0.4, -0.2) is 30.8 Å². The number of amides is 2. The molecule has 0 aliphatic heterocycles. The van der Waals surface area contributed by atoms with E-state index in [9.17, 15) is 9.90 Å². The third-order valence-corrected chi connectivity index (χ3v) is 4.51. The number of anilines is 2. The summed E-state index contributed by atoms with van der Waals surface area (Å²) in [5, 5.41) is 16.0. The molecule has 1 aliphatic rings. The fourth-order valence-electron chi connectivity index (χ4n) is 3.06. The van der Waals surface area contributed by atoms with Crippen LogP contribution in [0.15, 0.2) is 48.5 Å². The summed E-state index contributed by atoms with van der Waals surface area (Å²) in [5.41, 5.74) is 3.84. The van der Waals surface area contributed by atoms with Gasteiger partial charge in [-0.3, -0.25) is 0 Å². The SMILES string of the molecule is CCN(C)c1cccc(NC(=O)N[C@@H]2c3ccccc3C[C@@H]2O)c1. The predicted octanol–water partition coefficient (Wildman–Crippen LogP) is 2.92. The van der Waals surface area contributed by atoms with Gasteiger partial charge in [0, 0.05) is 31.4 Å². The number of carbonyl (C=O) groups excluding carboxylic acids is 1. The number of carbonyl (C=O) groups is 1. The molecule has 0 fully saturated rings. The highest BCUT2D eigenvalue weighted by molar-refractivity contribution is 5.90. The number of benzene rings is 2. The normalized spacial score (nSPS) is 18.8. The first-order valence-corrected chi connectivity index (χ1v) is 8.23. The first kappa shape index (κ1) is 16.3. The summed E-state index contributed by atoms with van der Waals surface area (Å²) in [6.07, 6.45) is -0.0246.